The molecule has 3 aromatic carbocycles. The van der Waals surface area contributed by atoms with Crippen molar-refractivity contribution in [3.05, 3.63) is 76.9 Å². The number of fused-ring (bicyclic) bond motifs is 1. The van der Waals surface area contributed by atoms with Crippen LogP contribution in [-0.2, 0) is 20.9 Å². The summed E-state index contributed by atoms with van der Waals surface area (Å²) in [4.78, 5) is 11.7. The fourth-order valence-electron chi connectivity index (χ4n) is 5.70. The first kappa shape index (κ1) is 29.9. The Morgan fingerprint density at radius 2 is 1.74 bits per heavy atom. The van der Waals surface area contributed by atoms with Gasteiger partial charge in [-0.3, -0.25) is 4.79 Å². The smallest absolute Gasteiger partial charge is 0.306 e. The highest BCUT2D eigenvalue weighted by molar-refractivity contribution is 5.72. The third-order valence-corrected chi connectivity index (χ3v) is 8.45. The van der Waals surface area contributed by atoms with Gasteiger partial charge >= 0.3 is 5.97 Å². The van der Waals surface area contributed by atoms with Gasteiger partial charge in [0.2, 0.25) is 0 Å². The number of aryl methyl sites for hydroxylation is 2. The van der Waals surface area contributed by atoms with Gasteiger partial charge < -0.3 is 33.9 Å². The number of benzene rings is 3. The Kier molecular flexibility index (Phi) is 8.51. The molecule has 8 heteroatoms. The Labute approximate surface area is 247 Å². The van der Waals surface area contributed by atoms with Gasteiger partial charge in [-0.2, -0.15) is 0 Å². The first-order chi connectivity index (χ1) is 20.0. The van der Waals surface area contributed by atoms with Crippen LogP contribution in [0.2, 0.25) is 0 Å². The van der Waals surface area contributed by atoms with E-state index < -0.39 is 11.2 Å². The molecule has 0 bridgehead atoms. The van der Waals surface area contributed by atoms with E-state index in [1.807, 2.05) is 42.5 Å². The zero-order chi connectivity index (χ0) is 30.1. The van der Waals surface area contributed by atoms with Gasteiger partial charge in [0.05, 0.1) is 38.4 Å². The van der Waals surface area contributed by atoms with Crippen molar-refractivity contribution in [2.45, 2.75) is 70.4 Å². The molecular formula is C34H40O8. The number of hydrogen-bond donors (Lipinski definition) is 2. The third kappa shape index (κ3) is 6.41. The predicted octanol–water partition coefficient (Wildman–Crippen LogP) is 5.26. The van der Waals surface area contributed by atoms with Gasteiger partial charge in [-0.25, -0.2) is 0 Å². The fraction of sp³-hybridized carbons (Fsp3) is 0.441. The third-order valence-electron chi connectivity index (χ3n) is 8.45. The zero-order valence-electron chi connectivity index (χ0n) is 24.9. The molecule has 4 unspecified atom stereocenters. The summed E-state index contributed by atoms with van der Waals surface area (Å²) in [7, 11) is 1.40. The average Bonchev–Trinajstić information content (AvgIpc) is 3.34. The molecule has 1 fully saturated rings. The number of hydrogen-bond acceptors (Lipinski definition) is 8. The van der Waals surface area contributed by atoms with Crippen molar-refractivity contribution in [3.63, 3.8) is 0 Å². The molecule has 0 radical (unpaired) electrons. The Morgan fingerprint density at radius 3 is 2.45 bits per heavy atom. The van der Waals surface area contributed by atoms with Gasteiger partial charge in [-0.1, -0.05) is 24.3 Å². The Morgan fingerprint density at radius 1 is 0.976 bits per heavy atom. The van der Waals surface area contributed by atoms with Crippen molar-refractivity contribution in [2.24, 2.45) is 0 Å². The van der Waals surface area contributed by atoms with Crippen LogP contribution < -0.4 is 14.2 Å². The van der Waals surface area contributed by atoms with Crippen LogP contribution in [0.1, 0.15) is 54.9 Å². The number of ether oxygens (including phenoxy) is 5. The summed E-state index contributed by atoms with van der Waals surface area (Å²) in [5.74, 6) is 1.94. The van der Waals surface area contributed by atoms with Crippen molar-refractivity contribution in [1.29, 1.82) is 0 Å². The van der Waals surface area contributed by atoms with Crippen LogP contribution in [0.3, 0.4) is 0 Å². The summed E-state index contributed by atoms with van der Waals surface area (Å²) in [5.41, 5.74) is 3.90. The summed E-state index contributed by atoms with van der Waals surface area (Å²) in [6.45, 7) is 8.55. The molecule has 0 amide bonds. The Bertz CT molecular complexity index is 1420. The quantitative estimate of drug-likeness (QED) is 0.333. The summed E-state index contributed by atoms with van der Waals surface area (Å²) < 4.78 is 28.5. The van der Waals surface area contributed by atoms with Crippen LogP contribution in [-0.4, -0.2) is 60.4 Å². The van der Waals surface area contributed by atoms with Crippen molar-refractivity contribution < 1.29 is 38.7 Å². The molecule has 2 N–H and O–H groups in total. The van der Waals surface area contributed by atoms with Crippen molar-refractivity contribution >= 4 is 5.97 Å². The molecule has 0 saturated carbocycles. The van der Waals surface area contributed by atoms with Crippen LogP contribution in [0.4, 0.5) is 0 Å². The average molecular weight is 577 g/mol. The van der Waals surface area contributed by atoms with Gasteiger partial charge in [0.15, 0.2) is 0 Å². The lowest BCUT2D eigenvalue weighted by Crippen LogP contribution is -2.59. The number of esters is 1. The molecule has 1 saturated heterocycles. The molecule has 5 rings (SSSR count). The lowest BCUT2D eigenvalue weighted by atomic mass is 9.80. The Balaban J connectivity index is 1.22. The standard InChI is InChI=1S/C34H40O8/c1-21-11-27(40-19-28-16-33(3,36)34(4,37)20-42-28)12-22(2)32(21)24-8-6-7-23(13-24)17-39-26-9-10-29-25(14-31(35)38-5)18-41-30(29)15-26/h6-13,15,25,28,36-37H,14,16-20H2,1-5H3. The summed E-state index contributed by atoms with van der Waals surface area (Å²) in [5, 5.41) is 21.0. The minimum atomic E-state index is -1.29. The van der Waals surface area contributed by atoms with Gasteiger partial charge in [-0.05, 0) is 79.8 Å². The predicted molar refractivity (Wildman–Crippen MR) is 158 cm³/mol. The molecule has 2 heterocycles. The molecule has 224 valence electrons. The SMILES string of the molecule is COC(=O)CC1COc2cc(OCc3cccc(-c4c(C)cc(OCC5CC(C)(O)C(C)(O)CO5)cc4C)c3)ccc21. The van der Waals surface area contributed by atoms with E-state index in [0.29, 0.717) is 31.8 Å². The second kappa shape index (κ2) is 12.0. The molecule has 4 atom stereocenters. The minimum Gasteiger partial charge on any atom is -0.492 e. The van der Waals surface area contributed by atoms with E-state index in [1.165, 1.54) is 7.11 Å². The van der Waals surface area contributed by atoms with Crippen LogP contribution in [0, 0.1) is 13.8 Å². The normalized spacial score (nSPS) is 24.9. The molecule has 8 nitrogen and oxygen atoms in total. The highest BCUT2D eigenvalue weighted by atomic mass is 16.5. The minimum absolute atomic E-state index is 0.00370. The monoisotopic (exact) mass is 576 g/mol. The maximum Gasteiger partial charge on any atom is 0.306 e. The number of rotatable bonds is 9. The summed E-state index contributed by atoms with van der Waals surface area (Å²) in [6, 6.07) is 18.1. The molecule has 0 spiro atoms. The van der Waals surface area contributed by atoms with E-state index in [0.717, 1.165) is 44.9 Å². The number of carbonyl (C=O) groups excluding carboxylic acids is 1. The van der Waals surface area contributed by atoms with E-state index in [1.54, 1.807) is 13.8 Å². The van der Waals surface area contributed by atoms with Gasteiger partial charge in [0, 0.05) is 24.0 Å². The first-order valence-electron chi connectivity index (χ1n) is 14.3. The van der Waals surface area contributed by atoms with Crippen LogP contribution in [0.15, 0.2) is 54.6 Å². The molecule has 0 aliphatic carbocycles. The van der Waals surface area contributed by atoms with Gasteiger partial charge in [0.25, 0.3) is 0 Å². The van der Waals surface area contributed by atoms with Gasteiger partial charge in [0.1, 0.15) is 36.1 Å². The number of carbonyl (C=O) groups is 1. The molecule has 0 aromatic heterocycles. The second-order valence-corrected chi connectivity index (χ2v) is 11.9. The lowest BCUT2D eigenvalue weighted by molar-refractivity contribution is -0.226. The Hall–Kier alpha value is -3.59. The van der Waals surface area contributed by atoms with E-state index in [9.17, 15) is 15.0 Å². The van der Waals surface area contributed by atoms with E-state index in [4.69, 9.17) is 23.7 Å². The van der Waals surface area contributed by atoms with Crippen molar-refractivity contribution in [3.8, 4) is 28.4 Å². The van der Waals surface area contributed by atoms with Crippen LogP contribution in [0.5, 0.6) is 17.2 Å². The van der Waals surface area contributed by atoms with E-state index in [-0.39, 0.29) is 31.2 Å². The highest BCUT2D eigenvalue weighted by Gasteiger charge is 2.47. The number of aliphatic hydroxyl groups is 2. The lowest BCUT2D eigenvalue weighted by Gasteiger charge is -2.45. The topological polar surface area (TPSA) is 104 Å². The highest BCUT2D eigenvalue weighted by Crippen LogP contribution is 2.39. The maximum absolute atomic E-state index is 11.7. The molecular weight excluding hydrogens is 536 g/mol. The van der Waals surface area contributed by atoms with E-state index >= 15 is 0 Å². The van der Waals surface area contributed by atoms with E-state index in [2.05, 4.69) is 26.0 Å². The second-order valence-electron chi connectivity index (χ2n) is 11.9. The molecule has 42 heavy (non-hydrogen) atoms. The van der Waals surface area contributed by atoms with Crippen LogP contribution in [0.25, 0.3) is 11.1 Å². The van der Waals surface area contributed by atoms with Crippen LogP contribution >= 0.6 is 0 Å². The molecule has 2 aliphatic rings. The number of methoxy groups -OCH3 is 1. The summed E-state index contributed by atoms with van der Waals surface area (Å²) in [6.07, 6.45) is 0.278. The molecule has 3 aromatic rings. The zero-order valence-corrected chi connectivity index (χ0v) is 24.9. The maximum atomic E-state index is 11.7. The summed E-state index contributed by atoms with van der Waals surface area (Å²) >= 11 is 0. The van der Waals surface area contributed by atoms with Crippen molar-refractivity contribution in [1.82, 2.24) is 0 Å². The van der Waals surface area contributed by atoms with Gasteiger partial charge in [-0.15, -0.1) is 0 Å². The largest absolute Gasteiger partial charge is 0.492 e. The fourth-order valence-corrected chi connectivity index (χ4v) is 5.70. The van der Waals surface area contributed by atoms with Crippen molar-refractivity contribution in [2.75, 3.05) is 26.9 Å². The first-order valence-corrected chi connectivity index (χ1v) is 14.3. The molecule has 2 aliphatic heterocycles.